The fraction of sp³-hybridized carbons (Fsp3) is 0.500. The summed E-state index contributed by atoms with van der Waals surface area (Å²) < 4.78 is 6.13. The highest BCUT2D eigenvalue weighted by molar-refractivity contribution is 9.10. The van der Waals surface area contributed by atoms with Gasteiger partial charge in [0.1, 0.15) is 0 Å². The first-order chi connectivity index (χ1) is 8.74. The topological polar surface area (TPSA) is 63.2 Å². The van der Waals surface area contributed by atoms with E-state index in [-0.39, 0.29) is 18.5 Å². The molecule has 1 aliphatic heterocycles. The van der Waals surface area contributed by atoms with Gasteiger partial charge in [-0.25, -0.2) is 0 Å². The molecule has 1 aromatic rings. The van der Waals surface area contributed by atoms with Crippen LogP contribution in [0.1, 0.15) is 12.8 Å². The van der Waals surface area contributed by atoms with Crippen molar-refractivity contribution in [2.75, 3.05) is 25.1 Å². The number of carbonyl (C=O) groups excluding carboxylic acids is 1. The molecule has 1 amide bonds. The number of hydrogen-bond acceptors (Lipinski definition) is 4. The van der Waals surface area contributed by atoms with Crippen molar-refractivity contribution in [3.63, 3.8) is 0 Å². The van der Waals surface area contributed by atoms with Crippen LogP contribution in [0.15, 0.2) is 22.9 Å². The molecule has 1 fully saturated rings. The number of ether oxygens (including phenoxy) is 1. The van der Waals surface area contributed by atoms with Crippen molar-refractivity contribution in [2.45, 2.75) is 18.9 Å². The number of nitrogens with zero attached hydrogens (tertiary/aromatic N) is 1. The van der Waals surface area contributed by atoms with Gasteiger partial charge in [-0.1, -0.05) is 0 Å². The standard InChI is InChI=1S/C12H16BrN3O2/c13-9-5-11(7-14-6-9)15-8-12(17)16-10-1-3-18-4-2-10/h5-7,10,15H,1-4,8H2,(H,16,17). The number of hydrogen-bond donors (Lipinski definition) is 2. The molecule has 0 aliphatic carbocycles. The Kier molecular flexibility index (Phi) is 4.95. The van der Waals surface area contributed by atoms with Crippen molar-refractivity contribution < 1.29 is 9.53 Å². The molecule has 6 heteroatoms. The Labute approximate surface area is 114 Å². The van der Waals surface area contributed by atoms with Gasteiger partial charge in [0.05, 0.1) is 18.4 Å². The summed E-state index contributed by atoms with van der Waals surface area (Å²) in [6.07, 6.45) is 5.17. The zero-order valence-corrected chi connectivity index (χ0v) is 11.6. The maximum Gasteiger partial charge on any atom is 0.239 e. The third-order valence-corrected chi connectivity index (χ3v) is 3.18. The van der Waals surface area contributed by atoms with Crippen LogP contribution in [0.3, 0.4) is 0 Å². The SMILES string of the molecule is O=C(CNc1cncc(Br)c1)NC1CCOCC1. The molecule has 18 heavy (non-hydrogen) atoms. The summed E-state index contributed by atoms with van der Waals surface area (Å²) in [5.74, 6) is 0.00174. The number of rotatable bonds is 4. The highest BCUT2D eigenvalue weighted by Crippen LogP contribution is 2.13. The minimum atomic E-state index is 0.00174. The summed E-state index contributed by atoms with van der Waals surface area (Å²) in [5, 5.41) is 6.03. The Morgan fingerprint density at radius 3 is 2.94 bits per heavy atom. The van der Waals surface area contributed by atoms with Crippen LogP contribution < -0.4 is 10.6 Å². The zero-order chi connectivity index (χ0) is 12.8. The molecule has 0 spiro atoms. The quantitative estimate of drug-likeness (QED) is 0.885. The normalized spacial score (nSPS) is 16.3. The number of carbonyl (C=O) groups is 1. The van der Waals surface area contributed by atoms with E-state index in [0.29, 0.717) is 0 Å². The summed E-state index contributed by atoms with van der Waals surface area (Å²) in [5.41, 5.74) is 0.825. The summed E-state index contributed by atoms with van der Waals surface area (Å²) >= 11 is 3.33. The molecule has 2 heterocycles. The highest BCUT2D eigenvalue weighted by atomic mass is 79.9. The second kappa shape index (κ2) is 6.70. The molecule has 2 N–H and O–H groups in total. The summed E-state index contributed by atoms with van der Waals surface area (Å²) in [7, 11) is 0. The van der Waals surface area contributed by atoms with Crippen molar-refractivity contribution in [1.29, 1.82) is 0 Å². The predicted octanol–water partition coefficient (Wildman–Crippen LogP) is 1.55. The molecule has 0 unspecified atom stereocenters. The van der Waals surface area contributed by atoms with Gasteiger partial charge in [-0.15, -0.1) is 0 Å². The summed E-state index contributed by atoms with van der Waals surface area (Å²) in [6, 6.07) is 2.13. The molecule has 0 radical (unpaired) electrons. The van der Waals surface area contributed by atoms with Gasteiger partial charge in [0.15, 0.2) is 0 Å². The fourth-order valence-electron chi connectivity index (χ4n) is 1.81. The second-order valence-corrected chi connectivity index (χ2v) is 5.12. The van der Waals surface area contributed by atoms with Gasteiger partial charge in [0.2, 0.25) is 5.91 Å². The van der Waals surface area contributed by atoms with Crippen molar-refractivity contribution in [3.8, 4) is 0 Å². The van der Waals surface area contributed by atoms with Crippen molar-refractivity contribution in [3.05, 3.63) is 22.9 Å². The Bertz CT molecular complexity index is 408. The average molecular weight is 314 g/mol. The Morgan fingerprint density at radius 2 is 2.22 bits per heavy atom. The summed E-state index contributed by atoms with van der Waals surface area (Å²) in [6.45, 7) is 1.72. The Hall–Kier alpha value is -1.14. The lowest BCUT2D eigenvalue weighted by molar-refractivity contribution is -0.120. The largest absolute Gasteiger partial charge is 0.381 e. The maximum absolute atomic E-state index is 11.7. The molecule has 98 valence electrons. The number of anilines is 1. The van der Waals surface area contributed by atoms with E-state index in [1.807, 2.05) is 6.07 Å². The predicted molar refractivity (Wildman–Crippen MR) is 72.4 cm³/mol. The molecule has 1 aromatic heterocycles. The molecule has 5 nitrogen and oxygen atoms in total. The molecule has 2 rings (SSSR count). The van der Waals surface area contributed by atoms with Crippen LogP contribution in [0.2, 0.25) is 0 Å². The third kappa shape index (κ3) is 4.27. The molecular weight excluding hydrogens is 298 g/mol. The van der Waals surface area contributed by atoms with Gasteiger partial charge >= 0.3 is 0 Å². The van der Waals surface area contributed by atoms with E-state index in [4.69, 9.17) is 4.74 Å². The first kappa shape index (κ1) is 13.3. The van der Waals surface area contributed by atoms with E-state index >= 15 is 0 Å². The molecule has 0 atom stereocenters. The number of nitrogens with one attached hydrogen (secondary N) is 2. The second-order valence-electron chi connectivity index (χ2n) is 4.20. The van der Waals surface area contributed by atoms with Crippen molar-refractivity contribution in [2.24, 2.45) is 0 Å². The lowest BCUT2D eigenvalue weighted by Crippen LogP contribution is -2.41. The number of halogens is 1. The van der Waals surface area contributed by atoms with Crippen LogP contribution in [-0.2, 0) is 9.53 Å². The Balaban J connectivity index is 1.74. The van der Waals surface area contributed by atoms with Crippen molar-refractivity contribution in [1.82, 2.24) is 10.3 Å². The lowest BCUT2D eigenvalue weighted by Gasteiger charge is -2.23. The minimum Gasteiger partial charge on any atom is -0.381 e. The van der Waals surface area contributed by atoms with Gasteiger partial charge in [-0.3, -0.25) is 9.78 Å². The third-order valence-electron chi connectivity index (χ3n) is 2.74. The lowest BCUT2D eigenvalue weighted by atomic mass is 10.1. The smallest absolute Gasteiger partial charge is 0.239 e. The van der Waals surface area contributed by atoms with Gasteiger partial charge in [-0.2, -0.15) is 0 Å². The van der Waals surface area contributed by atoms with Gasteiger partial charge < -0.3 is 15.4 Å². The molecule has 0 bridgehead atoms. The van der Waals surface area contributed by atoms with E-state index in [0.717, 1.165) is 36.2 Å². The van der Waals surface area contributed by atoms with Crippen molar-refractivity contribution >= 4 is 27.5 Å². The van der Waals surface area contributed by atoms with Crippen LogP contribution >= 0.6 is 15.9 Å². The number of aromatic nitrogens is 1. The highest BCUT2D eigenvalue weighted by Gasteiger charge is 2.15. The molecule has 1 saturated heterocycles. The van der Waals surface area contributed by atoms with Gasteiger partial charge in [0.25, 0.3) is 0 Å². The summed E-state index contributed by atoms with van der Waals surface area (Å²) in [4.78, 5) is 15.7. The maximum atomic E-state index is 11.7. The number of pyridine rings is 1. The average Bonchev–Trinajstić information content (AvgIpc) is 2.38. The molecule has 1 aliphatic rings. The van der Waals surface area contributed by atoms with Crippen LogP contribution in [0.5, 0.6) is 0 Å². The van der Waals surface area contributed by atoms with E-state index < -0.39 is 0 Å². The van der Waals surface area contributed by atoms with E-state index in [1.54, 1.807) is 12.4 Å². The van der Waals surface area contributed by atoms with Gasteiger partial charge in [-0.05, 0) is 34.8 Å². The minimum absolute atomic E-state index is 0.00174. The Morgan fingerprint density at radius 1 is 1.44 bits per heavy atom. The van der Waals surface area contributed by atoms with E-state index in [2.05, 4.69) is 31.5 Å². The number of amides is 1. The monoisotopic (exact) mass is 313 g/mol. The molecule has 0 aromatic carbocycles. The zero-order valence-electron chi connectivity index (χ0n) is 9.99. The molecular formula is C12H16BrN3O2. The van der Waals surface area contributed by atoms with Gasteiger partial charge in [0, 0.05) is 29.9 Å². The van der Waals surface area contributed by atoms with Crippen LogP contribution in [0.25, 0.3) is 0 Å². The van der Waals surface area contributed by atoms with Crippen LogP contribution in [-0.4, -0.2) is 36.7 Å². The first-order valence-corrected chi connectivity index (χ1v) is 6.75. The van der Waals surface area contributed by atoms with Crippen LogP contribution in [0, 0.1) is 0 Å². The van der Waals surface area contributed by atoms with E-state index in [9.17, 15) is 4.79 Å². The van der Waals surface area contributed by atoms with E-state index in [1.165, 1.54) is 0 Å². The van der Waals surface area contributed by atoms with Crippen LogP contribution in [0.4, 0.5) is 5.69 Å². The first-order valence-electron chi connectivity index (χ1n) is 5.95. The fourth-order valence-corrected chi connectivity index (χ4v) is 2.18. The molecule has 0 saturated carbocycles.